The van der Waals surface area contributed by atoms with E-state index < -0.39 is 6.67 Å². The Balaban J connectivity index is 2.19. The van der Waals surface area contributed by atoms with E-state index in [1.807, 2.05) is 0 Å². The normalized spacial score (nSPS) is 16.2. The predicted octanol–water partition coefficient (Wildman–Crippen LogP) is 1.06. The van der Waals surface area contributed by atoms with Crippen LogP contribution in [0.15, 0.2) is 6.20 Å². The average Bonchev–Trinajstić information content (AvgIpc) is 2.71. The van der Waals surface area contributed by atoms with Crippen molar-refractivity contribution in [2.75, 3.05) is 25.5 Å². The first kappa shape index (κ1) is 11.9. The molecule has 17 heavy (non-hydrogen) atoms. The van der Waals surface area contributed by atoms with E-state index in [1.165, 1.54) is 10.9 Å². The molecule has 1 fully saturated rings. The monoisotopic (exact) mass is 240 g/mol. The molecule has 0 unspecified atom stereocenters. The molecule has 0 bridgehead atoms. The fraction of sp³-hybridized carbons (Fsp3) is 0.636. The molecule has 2 rings (SSSR count). The number of hydrogen-bond acceptors (Lipinski definition) is 3. The second-order valence-corrected chi connectivity index (χ2v) is 4.21. The van der Waals surface area contributed by atoms with Gasteiger partial charge in [0.2, 0.25) is 0 Å². The maximum Gasteiger partial charge on any atom is 0.274 e. The number of amides is 1. The molecular weight excluding hydrogens is 223 g/mol. The summed E-state index contributed by atoms with van der Waals surface area (Å²) >= 11 is 0. The van der Waals surface area contributed by atoms with Gasteiger partial charge in [0.1, 0.15) is 12.4 Å². The van der Waals surface area contributed by atoms with Crippen molar-refractivity contribution in [1.82, 2.24) is 14.7 Å². The topological polar surface area (TPSA) is 64.1 Å². The summed E-state index contributed by atoms with van der Waals surface area (Å²) in [4.78, 5) is 14.0. The third-order valence-electron chi connectivity index (χ3n) is 3.01. The van der Waals surface area contributed by atoms with Gasteiger partial charge in [-0.2, -0.15) is 5.10 Å². The van der Waals surface area contributed by atoms with Gasteiger partial charge in [-0.05, 0) is 19.3 Å². The van der Waals surface area contributed by atoms with Gasteiger partial charge in [-0.25, -0.2) is 4.39 Å². The van der Waals surface area contributed by atoms with Gasteiger partial charge in [-0.1, -0.05) is 0 Å². The first-order valence-corrected chi connectivity index (χ1v) is 5.90. The van der Waals surface area contributed by atoms with E-state index in [-0.39, 0.29) is 12.5 Å². The fourth-order valence-electron chi connectivity index (χ4n) is 2.13. The van der Waals surface area contributed by atoms with Gasteiger partial charge in [0.05, 0.1) is 18.4 Å². The van der Waals surface area contributed by atoms with Crippen LogP contribution in [0.25, 0.3) is 0 Å². The lowest BCUT2D eigenvalue weighted by molar-refractivity contribution is 0.0712. The molecule has 1 saturated heterocycles. The number of hydrogen-bond donors (Lipinski definition) is 1. The molecule has 2 heterocycles. The zero-order valence-electron chi connectivity index (χ0n) is 9.73. The average molecular weight is 240 g/mol. The van der Waals surface area contributed by atoms with Gasteiger partial charge < -0.3 is 10.6 Å². The summed E-state index contributed by atoms with van der Waals surface area (Å²) in [5, 5.41) is 3.93. The number of aryl methyl sites for hydroxylation is 1. The van der Waals surface area contributed by atoms with E-state index in [0.29, 0.717) is 11.4 Å². The van der Waals surface area contributed by atoms with Crippen LogP contribution >= 0.6 is 0 Å². The molecule has 6 heteroatoms. The summed E-state index contributed by atoms with van der Waals surface area (Å²) in [5.41, 5.74) is 6.38. The maximum atomic E-state index is 12.3. The zero-order chi connectivity index (χ0) is 12.3. The number of likely N-dealkylation sites (tertiary alicyclic amines) is 1. The van der Waals surface area contributed by atoms with E-state index in [4.69, 9.17) is 5.73 Å². The fourth-order valence-corrected chi connectivity index (χ4v) is 2.13. The number of carbonyl (C=O) groups is 1. The van der Waals surface area contributed by atoms with Gasteiger partial charge >= 0.3 is 0 Å². The van der Waals surface area contributed by atoms with Crippen LogP contribution in [-0.2, 0) is 6.54 Å². The Hall–Kier alpha value is -1.59. The van der Waals surface area contributed by atoms with Crippen LogP contribution in [0.5, 0.6) is 0 Å². The Bertz CT molecular complexity index is 398. The molecule has 1 aliphatic heterocycles. The molecule has 0 aliphatic carbocycles. The molecule has 1 aliphatic rings. The van der Waals surface area contributed by atoms with Crippen LogP contribution in [-0.4, -0.2) is 40.4 Å². The van der Waals surface area contributed by atoms with Crippen molar-refractivity contribution in [1.29, 1.82) is 0 Å². The number of rotatable bonds is 3. The highest BCUT2D eigenvalue weighted by Gasteiger charge is 2.23. The van der Waals surface area contributed by atoms with Crippen molar-refractivity contribution >= 4 is 11.6 Å². The summed E-state index contributed by atoms with van der Waals surface area (Å²) in [5.74, 6) is -0.131. The van der Waals surface area contributed by atoms with Crippen molar-refractivity contribution < 1.29 is 9.18 Å². The van der Waals surface area contributed by atoms with Crippen LogP contribution in [0, 0.1) is 0 Å². The van der Waals surface area contributed by atoms with E-state index in [9.17, 15) is 9.18 Å². The van der Waals surface area contributed by atoms with Crippen LogP contribution in [0.2, 0.25) is 0 Å². The van der Waals surface area contributed by atoms with Crippen LogP contribution in [0.3, 0.4) is 0 Å². The van der Waals surface area contributed by atoms with Crippen molar-refractivity contribution in [3.8, 4) is 0 Å². The smallest absolute Gasteiger partial charge is 0.274 e. The Labute approximate surface area is 99.4 Å². The van der Waals surface area contributed by atoms with Crippen molar-refractivity contribution in [2.45, 2.75) is 25.8 Å². The highest BCUT2D eigenvalue weighted by Crippen LogP contribution is 2.17. The number of nitrogens with zero attached hydrogens (tertiary/aromatic N) is 3. The van der Waals surface area contributed by atoms with Crippen LogP contribution in [0.1, 0.15) is 29.8 Å². The van der Waals surface area contributed by atoms with E-state index in [0.717, 1.165) is 32.4 Å². The first-order chi connectivity index (χ1) is 8.24. The molecule has 0 spiro atoms. The summed E-state index contributed by atoms with van der Waals surface area (Å²) in [6, 6.07) is 0. The largest absolute Gasteiger partial charge is 0.396 e. The highest BCUT2D eigenvalue weighted by atomic mass is 19.1. The van der Waals surface area contributed by atoms with Crippen LogP contribution < -0.4 is 5.73 Å². The Morgan fingerprint density at radius 1 is 1.41 bits per heavy atom. The number of nitrogen functional groups attached to an aromatic ring is 1. The number of nitrogens with two attached hydrogens (primary N) is 1. The maximum absolute atomic E-state index is 12.3. The molecule has 1 aromatic rings. The molecular formula is C11H17FN4O. The zero-order valence-corrected chi connectivity index (χ0v) is 9.73. The van der Waals surface area contributed by atoms with E-state index >= 15 is 0 Å². The van der Waals surface area contributed by atoms with Gasteiger partial charge in [-0.15, -0.1) is 0 Å². The molecule has 0 radical (unpaired) electrons. The van der Waals surface area contributed by atoms with Crippen molar-refractivity contribution in [3.63, 3.8) is 0 Å². The predicted molar refractivity (Wildman–Crippen MR) is 62.4 cm³/mol. The Morgan fingerprint density at radius 3 is 2.76 bits per heavy atom. The molecule has 0 saturated carbocycles. The van der Waals surface area contributed by atoms with Gasteiger partial charge in [0.15, 0.2) is 0 Å². The van der Waals surface area contributed by atoms with Crippen LogP contribution in [0.4, 0.5) is 10.1 Å². The lowest BCUT2D eigenvalue weighted by atomic mass is 10.1. The third-order valence-corrected chi connectivity index (χ3v) is 3.01. The number of carbonyl (C=O) groups excluding carboxylic acids is 1. The lowest BCUT2D eigenvalue weighted by Crippen LogP contribution is -2.37. The summed E-state index contributed by atoms with van der Waals surface area (Å²) in [6.07, 6.45) is 4.60. The lowest BCUT2D eigenvalue weighted by Gasteiger charge is -2.26. The Kier molecular flexibility index (Phi) is 3.61. The number of aromatic nitrogens is 2. The molecule has 1 amide bonds. The SMILES string of the molecule is Nc1cnn(CCF)c1C(=O)N1CCCCC1. The quantitative estimate of drug-likeness (QED) is 0.859. The minimum absolute atomic E-state index is 0.0755. The number of halogens is 1. The molecule has 94 valence electrons. The highest BCUT2D eigenvalue weighted by molar-refractivity contribution is 5.97. The molecule has 1 aromatic heterocycles. The summed E-state index contributed by atoms with van der Waals surface area (Å²) < 4.78 is 13.7. The van der Waals surface area contributed by atoms with Gasteiger partial charge in [-0.3, -0.25) is 9.48 Å². The molecule has 0 atom stereocenters. The number of piperidine rings is 1. The third kappa shape index (κ3) is 2.40. The minimum atomic E-state index is -0.554. The Morgan fingerprint density at radius 2 is 2.12 bits per heavy atom. The van der Waals surface area contributed by atoms with Gasteiger partial charge in [0, 0.05) is 13.1 Å². The summed E-state index contributed by atoms with van der Waals surface area (Å²) in [7, 11) is 0. The number of alkyl halides is 1. The first-order valence-electron chi connectivity index (χ1n) is 5.90. The van der Waals surface area contributed by atoms with E-state index in [2.05, 4.69) is 5.10 Å². The van der Waals surface area contributed by atoms with Gasteiger partial charge in [0.25, 0.3) is 5.91 Å². The minimum Gasteiger partial charge on any atom is -0.396 e. The molecule has 0 aromatic carbocycles. The number of anilines is 1. The summed E-state index contributed by atoms with van der Waals surface area (Å²) in [6.45, 7) is 1.02. The van der Waals surface area contributed by atoms with Crippen molar-refractivity contribution in [3.05, 3.63) is 11.9 Å². The standard InChI is InChI=1S/C11H17FN4O/c12-4-7-16-10(9(13)8-14-16)11(17)15-5-2-1-3-6-15/h8H,1-7,13H2. The van der Waals surface area contributed by atoms with Crippen molar-refractivity contribution in [2.24, 2.45) is 0 Å². The second-order valence-electron chi connectivity index (χ2n) is 4.21. The van der Waals surface area contributed by atoms with E-state index in [1.54, 1.807) is 4.90 Å². The second kappa shape index (κ2) is 5.16. The molecule has 5 nitrogen and oxygen atoms in total. The molecule has 2 N–H and O–H groups in total.